The number of ether oxygens (including phenoxy) is 1. The highest BCUT2D eigenvalue weighted by Crippen LogP contribution is 2.17. The number of hydrogen-bond donors (Lipinski definition) is 0. The SMILES string of the molecule is COc1ccc(CN(C)Cc2c(C)cccc2C)cc1. The Bertz CT molecular complexity index is 540. The molecule has 20 heavy (non-hydrogen) atoms. The van der Waals surface area contributed by atoms with Gasteiger partial charge in [-0.15, -0.1) is 0 Å². The molecule has 2 nitrogen and oxygen atoms in total. The zero-order valence-electron chi connectivity index (χ0n) is 12.8. The topological polar surface area (TPSA) is 12.5 Å². The summed E-state index contributed by atoms with van der Waals surface area (Å²) in [5.41, 5.74) is 5.47. The van der Waals surface area contributed by atoms with E-state index >= 15 is 0 Å². The molecule has 2 heteroatoms. The number of methoxy groups -OCH3 is 1. The van der Waals surface area contributed by atoms with Gasteiger partial charge in [-0.3, -0.25) is 4.90 Å². The van der Waals surface area contributed by atoms with Gasteiger partial charge in [-0.2, -0.15) is 0 Å². The Labute approximate surface area is 122 Å². The van der Waals surface area contributed by atoms with E-state index in [4.69, 9.17) is 4.74 Å². The number of aryl methyl sites for hydroxylation is 2. The fourth-order valence-corrected chi connectivity index (χ4v) is 2.47. The highest BCUT2D eigenvalue weighted by molar-refractivity contribution is 5.33. The Morgan fingerprint density at radius 1 is 0.900 bits per heavy atom. The standard InChI is InChI=1S/C18H23NO/c1-14-6-5-7-15(2)18(14)13-19(3)12-16-8-10-17(20-4)11-9-16/h5-11H,12-13H2,1-4H3. The largest absolute Gasteiger partial charge is 0.497 e. The van der Waals surface area contributed by atoms with Crippen molar-refractivity contribution in [3.05, 3.63) is 64.7 Å². The third kappa shape index (κ3) is 3.61. The van der Waals surface area contributed by atoms with E-state index in [1.165, 1.54) is 22.3 Å². The van der Waals surface area contributed by atoms with Crippen molar-refractivity contribution in [3.8, 4) is 5.75 Å². The lowest BCUT2D eigenvalue weighted by Gasteiger charge is -2.20. The molecule has 0 N–H and O–H groups in total. The minimum absolute atomic E-state index is 0.908. The van der Waals surface area contributed by atoms with Crippen molar-refractivity contribution < 1.29 is 4.74 Å². The first kappa shape index (κ1) is 14.6. The van der Waals surface area contributed by atoms with Crippen LogP contribution in [0.2, 0.25) is 0 Å². The predicted octanol–water partition coefficient (Wildman–Crippen LogP) is 3.94. The number of hydrogen-bond acceptors (Lipinski definition) is 2. The number of rotatable bonds is 5. The van der Waals surface area contributed by atoms with E-state index in [1.54, 1.807) is 7.11 Å². The third-order valence-corrected chi connectivity index (χ3v) is 3.68. The van der Waals surface area contributed by atoms with Crippen molar-refractivity contribution >= 4 is 0 Å². The Morgan fingerprint density at radius 2 is 1.50 bits per heavy atom. The Balaban J connectivity index is 2.03. The molecule has 0 bridgehead atoms. The van der Waals surface area contributed by atoms with Crippen LogP contribution in [0, 0.1) is 13.8 Å². The van der Waals surface area contributed by atoms with Crippen molar-refractivity contribution in [2.24, 2.45) is 0 Å². The second-order valence-corrected chi connectivity index (χ2v) is 5.39. The van der Waals surface area contributed by atoms with E-state index in [9.17, 15) is 0 Å². The van der Waals surface area contributed by atoms with Crippen molar-refractivity contribution in [2.45, 2.75) is 26.9 Å². The average Bonchev–Trinajstić information content (AvgIpc) is 2.44. The zero-order chi connectivity index (χ0) is 14.5. The summed E-state index contributed by atoms with van der Waals surface area (Å²) in [5, 5.41) is 0. The maximum atomic E-state index is 5.19. The highest BCUT2D eigenvalue weighted by Gasteiger charge is 2.06. The molecule has 0 aliphatic carbocycles. The third-order valence-electron chi connectivity index (χ3n) is 3.68. The highest BCUT2D eigenvalue weighted by atomic mass is 16.5. The van der Waals surface area contributed by atoms with Crippen molar-refractivity contribution in [1.82, 2.24) is 4.90 Å². The van der Waals surface area contributed by atoms with Gasteiger partial charge in [0.25, 0.3) is 0 Å². The molecule has 0 atom stereocenters. The number of benzene rings is 2. The van der Waals surface area contributed by atoms with Gasteiger partial charge in [0.05, 0.1) is 7.11 Å². The van der Waals surface area contributed by atoms with Crippen LogP contribution in [0.3, 0.4) is 0 Å². The summed E-state index contributed by atoms with van der Waals surface area (Å²) in [6.07, 6.45) is 0. The van der Waals surface area contributed by atoms with E-state index < -0.39 is 0 Å². The summed E-state index contributed by atoms with van der Waals surface area (Å²) < 4.78 is 5.19. The van der Waals surface area contributed by atoms with E-state index in [0.29, 0.717) is 0 Å². The molecule has 0 aliphatic rings. The van der Waals surface area contributed by atoms with Gasteiger partial charge in [-0.05, 0) is 55.3 Å². The van der Waals surface area contributed by atoms with Crippen LogP contribution < -0.4 is 4.74 Å². The molecule has 0 fully saturated rings. The second-order valence-electron chi connectivity index (χ2n) is 5.39. The van der Waals surface area contributed by atoms with Crippen LogP contribution in [0.5, 0.6) is 5.75 Å². The maximum Gasteiger partial charge on any atom is 0.118 e. The van der Waals surface area contributed by atoms with Crippen LogP contribution in [-0.2, 0) is 13.1 Å². The Hall–Kier alpha value is -1.80. The van der Waals surface area contributed by atoms with Crippen molar-refractivity contribution in [1.29, 1.82) is 0 Å². The van der Waals surface area contributed by atoms with Gasteiger partial charge in [-0.25, -0.2) is 0 Å². The maximum absolute atomic E-state index is 5.19. The molecule has 2 aromatic carbocycles. The quantitative estimate of drug-likeness (QED) is 0.815. The average molecular weight is 269 g/mol. The predicted molar refractivity (Wildman–Crippen MR) is 84.1 cm³/mol. The van der Waals surface area contributed by atoms with Crippen LogP contribution in [0.1, 0.15) is 22.3 Å². The Morgan fingerprint density at radius 3 is 2.05 bits per heavy atom. The molecule has 0 radical (unpaired) electrons. The fourth-order valence-electron chi connectivity index (χ4n) is 2.47. The van der Waals surface area contributed by atoms with Gasteiger partial charge < -0.3 is 4.74 Å². The van der Waals surface area contributed by atoms with E-state index in [1.807, 2.05) is 12.1 Å². The minimum atomic E-state index is 0.908. The lowest BCUT2D eigenvalue weighted by molar-refractivity contribution is 0.317. The van der Waals surface area contributed by atoms with Crippen LogP contribution in [-0.4, -0.2) is 19.1 Å². The van der Waals surface area contributed by atoms with Gasteiger partial charge in [0.1, 0.15) is 5.75 Å². The summed E-state index contributed by atoms with van der Waals surface area (Å²) in [5.74, 6) is 0.908. The van der Waals surface area contributed by atoms with Gasteiger partial charge in [0.2, 0.25) is 0 Å². The molecule has 0 aromatic heterocycles. The lowest BCUT2D eigenvalue weighted by atomic mass is 10.0. The summed E-state index contributed by atoms with van der Waals surface area (Å²) in [7, 11) is 3.86. The molecule has 2 aromatic rings. The Kier molecular flexibility index (Phi) is 4.80. The van der Waals surface area contributed by atoms with Gasteiger partial charge >= 0.3 is 0 Å². The monoisotopic (exact) mass is 269 g/mol. The van der Waals surface area contributed by atoms with Crippen LogP contribution in [0.15, 0.2) is 42.5 Å². The first-order chi connectivity index (χ1) is 9.60. The van der Waals surface area contributed by atoms with Crippen LogP contribution in [0.4, 0.5) is 0 Å². The first-order valence-electron chi connectivity index (χ1n) is 6.96. The summed E-state index contributed by atoms with van der Waals surface area (Å²) >= 11 is 0. The first-order valence-corrected chi connectivity index (χ1v) is 6.96. The van der Waals surface area contributed by atoms with E-state index in [-0.39, 0.29) is 0 Å². The fraction of sp³-hybridized carbons (Fsp3) is 0.333. The summed E-state index contributed by atoms with van der Waals surface area (Å²) in [6, 6.07) is 14.8. The van der Waals surface area contributed by atoms with Crippen molar-refractivity contribution in [2.75, 3.05) is 14.2 Å². The number of nitrogens with zero attached hydrogens (tertiary/aromatic N) is 1. The lowest BCUT2D eigenvalue weighted by Crippen LogP contribution is -2.18. The molecular weight excluding hydrogens is 246 g/mol. The summed E-state index contributed by atoms with van der Waals surface area (Å²) in [6.45, 7) is 6.29. The molecule has 0 heterocycles. The molecular formula is C18H23NO. The zero-order valence-corrected chi connectivity index (χ0v) is 12.8. The summed E-state index contributed by atoms with van der Waals surface area (Å²) in [4.78, 5) is 2.34. The molecule has 0 aliphatic heterocycles. The van der Waals surface area contributed by atoms with Crippen LogP contribution >= 0.6 is 0 Å². The second kappa shape index (κ2) is 6.58. The molecule has 0 unspecified atom stereocenters. The molecule has 106 valence electrons. The van der Waals surface area contributed by atoms with Gasteiger partial charge in [-0.1, -0.05) is 30.3 Å². The molecule has 0 saturated carbocycles. The normalized spacial score (nSPS) is 10.8. The minimum Gasteiger partial charge on any atom is -0.497 e. The molecule has 0 saturated heterocycles. The van der Waals surface area contributed by atoms with E-state index in [0.717, 1.165) is 18.8 Å². The molecule has 0 spiro atoms. The van der Waals surface area contributed by atoms with Gasteiger partial charge in [0, 0.05) is 13.1 Å². The van der Waals surface area contributed by atoms with E-state index in [2.05, 4.69) is 56.1 Å². The molecule has 0 amide bonds. The van der Waals surface area contributed by atoms with Gasteiger partial charge in [0.15, 0.2) is 0 Å². The van der Waals surface area contributed by atoms with Crippen LogP contribution in [0.25, 0.3) is 0 Å². The smallest absolute Gasteiger partial charge is 0.118 e. The molecule has 2 rings (SSSR count). The van der Waals surface area contributed by atoms with Crippen molar-refractivity contribution in [3.63, 3.8) is 0 Å².